The Hall–Kier alpha value is -2.93. The maximum absolute atomic E-state index is 12.8. The number of anilines is 1. The van der Waals surface area contributed by atoms with Gasteiger partial charge in [-0.05, 0) is 50.6 Å². The second-order valence-corrected chi connectivity index (χ2v) is 6.89. The zero-order valence-corrected chi connectivity index (χ0v) is 15.6. The second kappa shape index (κ2) is 7.36. The molecule has 0 atom stereocenters. The molecule has 3 aromatic rings. The Morgan fingerprint density at radius 3 is 2.74 bits per heavy atom. The van der Waals surface area contributed by atoms with E-state index in [9.17, 15) is 4.79 Å². The van der Waals surface area contributed by atoms with Gasteiger partial charge in [0, 0.05) is 25.5 Å². The van der Waals surface area contributed by atoms with E-state index in [1.807, 2.05) is 31.4 Å². The van der Waals surface area contributed by atoms with Crippen molar-refractivity contribution in [2.24, 2.45) is 7.05 Å². The van der Waals surface area contributed by atoms with Crippen molar-refractivity contribution in [1.29, 1.82) is 0 Å². The number of amides is 1. The maximum Gasteiger partial charge on any atom is 0.277 e. The molecule has 7 heteroatoms. The number of nitrogens with zero attached hydrogens (tertiary/aromatic N) is 4. The van der Waals surface area contributed by atoms with Crippen molar-refractivity contribution in [3.05, 3.63) is 53.5 Å². The minimum Gasteiger partial charge on any atom is -0.439 e. The normalized spacial score (nSPS) is 14.6. The van der Waals surface area contributed by atoms with Gasteiger partial charge in [-0.3, -0.25) is 14.4 Å². The number of carbonyl (C=O) groups excluding carboxylic acids is 1. The van der Waals surface area contributed by atoms with E-state index in [2.05, 4.69) is 26.4 Å². The first-order valence-electron chi connectivity index (χ1n) is 9.19. The average molecular weight is 365 g/mol. The Kier molecular flexibility index (Phi) is 4.77. The van der Waals surface area contributed by atoms with Gasteiger partial charge >= 0.3 is 0 Å². The molecule has 7 nitrogen and oxygen atoms in total. The van der Waals surface area contributed by atoms with Crippen LogP contribution in [0, 0.1) is 6.92 Å². The lowest BCUT2D eigenvalue weighted by molar-refractivity contribution is 0.102. The molecule has 1 amide bonds. The predicted octanol–water partition coefficient (Wildman–Crippen LogP) is 3.23. The number of hydrogen-bond donors (Lipinski definition) is 1. The molecular weight excluding hydrogens is 342 g/mol. The summed E-state index contributed by atoms with van der Waals surface area (Å²) in [4.78, 5) is 19.6. The van der Waals surface area contributed by atoms with E-state index in [0.29, 0.717) is 17.3 Å². The van der Waals surface area contributed by atoms with Crippen molar-refractivity contribution in [1.82, 2.24) is 19.7 Å². The van der Waals surface area contributed by atoms with Gasteiger partial charge in [0.05, 0.1) is 0 Å². The van der Waals surface area contributed by atoms with Gasteiger partial charge < -0.3 is 9.73 Å². The van der Waals surface area contributed by atoms with Gasteiger partial charge in [-0.25, -0.2) is 4.98 Å². The lowest BCUT2D eigenvalue weighted by Gasteiger charge is -2.17. The number of benzene rings is 1. The van der Waals surface area contributed by atoms with Crippen LogP contribution >= 0.6 is 0 Å². The van der Waals surface area contributed by atoms with Gasteiger partial charge in [0.25, 0.3) is 5.91 Å². The number of para-hydroxylation sites is 1. The SMILES string of the molecule is Cc1oc(-c2ccn(C)n2)nc1C(=O)Nc1ccccc1CN1CCCC1. The first-order chi connectivity index (χ1) is 13.1. The number of aryl methyl sites for hydroxylation is 2. The summed E-state index contributed by atoms with van der Waals surface area (Å²) >= 11 is 0. The second-order valence-electron chi connectivity index (χ2n) is 6.89. The molecule has 1 fully saturated rings. The summed E-state index contributed by atoms with van der Waals surface area (Å²) in [5.41, 5.74) is 2.82. The molecule has 3 heterocycles. The number of rotatable bonds is 5. The van der Waals surface area contributed by atoms with Gasteiger partial charge in [0.2, 0.25) is 5.89 Å². The molecule has 1 saturated heterocycles. The monoisotopic (exact) mass is 365 g/mol. The van der Waals surface area contributed by atoms with Gasteiger partial charge in [-0.1, -0.05) is 18.2 Å². The molecule has 0 unspecified atom stereocenters. The molecule has 140 valence electrons. The molecule has 1 aliphatic heterocycles. The molecule has 0 bridgehead atoms. The van der Waals surface area contributed by atoms with Crippen molar-refractivity contribution in [3.63, 3.8) is 0 Å². The third-order valence-electron chi connectivity index (χ3n) is 4.80. The first kappa shape index (κ1) is 17.5. The number of oxazole rings is 1. The van der Waals surface area contributed by atoms with E-state index in [1.54, 1.807) is 17.7 Å². The Bertz CT molecular complexity index is 953. The number of aromatic nitrogens is 3. The topological polar surface area (TPSA) is 76.2 Å². The van der Waals surface area contributed by atoms with Crippen LogP contribution < -0.4 is 5.32 Å². The van der Waals surface area contributed by atoms with Crippen molar-refractivity contribution in [2.45, 2.75) is 26.3 Å². The van der Waals surface area contributed by atoms with Crippen LogP contribution in [-0.2, 0) is 13.6 Å². The Labute approximate surface area is 158 Å². The third kappa shape index (κ3) is 3.78. The van der Waals surface area contributed by atoms with Crippen LogP contribution in [0.25, 0.3) is 11.6 Å². The summed E-state index contributed by atoms with van der Waals surface area (Å²) in [6, 6.07) is 9.72. The molecule has 0 radical (unpaired) electrons. The fourth-order valence-corrected chi connectivity index (χ4v) is 3.39. The van der Waals surface area contributed by atoms with Crippen LogP contribution in [0.3, 0.4) is 0 Å². The van der Waals surface area contributed by atoms with Crippen LogP contribution in [0.5, 0.6) is 0 Å². The summed E-state index contributed by atoms with van der Waals surface area (Å²) in [6.45, 7) is 4.80. The molecule has 1 N–H and O–H groups in total. The maximum atomic E-state index is 12.8. The highest BCUT2D eigenvalue weighted by molar-refractivity contribution is 6.04. The van der Waals surface area contributed by atoms with E-state index in [-0.39, 0.29) is 11.6 Å². The highest BCUT2D eigenvalue weighted by atomic mass is 16.4. The molecule has 27 heavy (non-hydrogen) atoms. The number of nitrogens with one attached hydrogen (secondary N) is 1. The highest BCUT2D eigenvalue weighted by Gasteiger charge is 2.21. The van der Waals surface area contributed by atoms with Crippen molar-refractivity contribution < 1.29 is 9.21 Å². The molecule has 0 saturated carbocycles. The molecule has 4 rings (SSSR count). The van der Waals surface area contributed by atoms with Gasteiger partial charge in [0.1, 0.15) is 11.5 Å². The molecular formula is C20H23N5O2. The smallest absolute Gasteiger partial charge is 0.277 e. The highest BCUT2D eigenvalue weighted by Crippen LogP contribution is 2.23. The first-order valence-corrected chi connectivity index (χ1v) is 9.19. The Morgan fingerprint density at radius 1 is 1.22 bits per heavy atom. The van der Waals surface area contributed by atoms with Gasteiger partial charge in [0.15, 0.2) is 5.69 Å². The van der Waals surface area contributed by atoms with Crippen LogP contribution in [0.4, 0.5) is 5.69 Å². The third-order valence-corrected chi connectivity index (χ3v) is 4.80. The van der Waals surface area contributed by atoms with E-state index < -0.39 is 0 Å². The Balaban J connectivity index is 1.53. The minimum atomic E-state index is -0.271. The molecule has 2 aromatic heterocycles. The molecule has 1 aromatic carbocycles. The lowest BCUT2D eigenvalue weighted by Crippen LogP contribution is -2.21. The van der Waals surface area contributed by atoms with Crippen LogP contribution in [-0.4, -0.2) is 38.7 Å². The predicted molar refractivity (Wildman–Crippen MR) is 102 cm³/mol. The van der Waals surface area contributed by atoms with Gasteiger partial charge in [-0.2, -0.15) is 5.10 Å². The summed E-state index contributed by atoms with van der Waals surface area (Å²) in [5, 5.41) is 7.27. The fraction of sp³-hybridized carbons (Fsp3) is 0.350. The number of likely N-dealkylation sites (tertiary alicyclic amines) is 1. The molecule has 0 spiro atoms. The van der Waals surface area contributed by atoms with Gasteiger partial charge in [-0.15, -0.1) is 0 Å². The molecule has 1 aliphatic rings. The summed E-state index contributed by atoms with van der Waals surface area (Å²) < 4.78 is 7.32. The van der Waals surface area contributed by atoms with Crippen molar-refractivity contribution in [3.8, 4) is 11.6 Å². The zero-order chi connectivity index (χ0) is 18.8. The number of hydrogen-bond acceptors (Lipinski definition) is 5. The largest absolute Gasteiger partial charge is 0.439 e. The standard InChI is InChI=1S/C20H23N5O2/c1-14-18(22-20(27-14)17-9-12-24(2)23-17)19(26)21-16-8-4-3-7-15(16)13-25-10-5-6-11-25/h3-4,7-9,12H,5-6,10-11,13H2,1-2H3,(H,21,26). The quantitative estimate of drug-likeness (QED) is 0.751. The minimum absolute atomic E-state index is 0.271. The molecule has 0 aliphatic carbocycles. The van der Waals surface area contributed by atoms with Crippen molar-refractivity contribution in [2.75, 3.05) is 18.4 Å². The fourth-order valence-electron chi connectivity index (χ4n) is 3.39. The number of carbonyl (C=O) groups is 1. The van der Waals surface area contributed by atoms with Crippen molar-refractivity contribution >= 4 is 11.6 Å². The van der Waals surface area contributed by atoms with Crippen LogP contribution in [0.1, 0.15) is 34.7 Å². The summed E-state index contributed by atoms with van der Waals surface area (Å²) in [5.74, 6) is 0.557. The summed E-state index contributed by atoms with van der Waals surface area (Å²) in [7, 11) is 1.82. The van der Waals surface area contributed by atoms with E-state index >= 15 is 0 Å². The van der Waals surface area contributed by atoms with E-state index in [0.717, 1.165) is 30.9 Å². The van der Waals surface area contributed by atoms with E-state index in [4.69, 9.17) is 4.42 Å². The lowest BCUT2D eigenvalue weighted by atomic mass is 10.1. The average Bonchev–Trinajstić information content (AvgIpc) is 3.38. The summed E-state index contributed by atoms with van der Waals surface area (Å²) in [6.07, 6.45) is 4.29. The Morgan fingerprint density at radius 2 is 2.00 bits per heavy atom. The van der Waals surface area contributed by atoms with Crippen LogP contribution in [0.2, 0.25) is 0 Å². The van der Waals surface area contributed by atoms with E-state index in [1.165, 1.54) is 12.8 Å². The zero-order valence-electron chi connectivity index (χ0n) is 15.6. The van der Waals surface area contributed by atoms with Crippen LogP contribution in [0.15, 0.2) is 40.9 Å².